The maximum atomic E-state index is 2.47. The third kappa shape index (κ3) is 11.1. The summed E-state index contributed by atoms with van der Waals surface area (Å²) in [6, 6.07) is 134. The van der Waals surface area contributed by atoms with E-state index in [1.54, 1.807) is 0 Å². The Morgan fingerprint density at radius 3 is 0.692 bits per heavy atom. The molecule has 0 unspecified atom stereocenters. The minimum Gasteiger partial charge on any atom is -0.310 e. The molecule has 0 amide bonds. The molecule has 0 spiro atoms. The summed E-state index contributed by atoms with van der Waals surface area (Å²) in [7, 11) is 0. The van der Waals surface area contributed by atoms with Crippen molar-refractivity contribution in [3.8, 4) is 111 Å². The summed E-state index contributed by atoms with van der Waals surface area (Å²) >= 11 is 0. The Morgan fingerprint density at radius 1 is 0.167 bits per heavy atom. The first-order chi connectivity index (χ1) is 58.1. The van der Waals surface area contributed by atoms with E-state index in [1.807, 2.05) is 0 Å². The average Bonchev–Trinajstić information content (AvgIpc) is 1.32. The van der Waals surface area contributed by atoms with Gasteiger partial charge in [0.25, 0.3) is 0 Å². The van der Waals surface area contributed by atoms with Crippen LogP contribution in [0.25, 0.3) is 144 Å². The second kappa shape index (κ2) is 26.9. The van der Waals surface area contributed by atoms with E-state index in [0.29, 0.717) is 0 Å². The molecule has 0 bridgehead atoms. The van der Waals surface area contributed by atoms with Crippen molar-refractivity contribution in [1.82, 2.24) is 0 Å². The number of benzene rings is 18. The van der Waals surface area contributed by atoms with Crippen LogP contribution in [-0.4, -0.2) is 0 Å². The van der Waals surface area contributed by atoms with E-state index >= 15 is 0 Å². The predicted molar refractivity (Wildman–Crippen MR) is 510 cm³/mol. The Balaban J connectivity index is 0.556. The van der Waals surface area contributed by atoms with Crippen LogP contribution < -0.4 is 9.80 Å². The normalized spacial score (nSPS) is 14.3. The Hall–Kier alpha value is -13.7. The highest BCUT2D eigenvalue weighted by Gasteiger charge is 2.41. The van der Waals surface area contributed by atoms with E-state index < -0.39 is 0 Å². The average molecular weight is 1540 g/mol. The van der Waals surface area contributed by atoms with Crippen LogP contribution in [0.15, 0.2) is 352 Å². The SMILES string of the molecule is Cc1cc(-c2ccc3c(c2)C(C)(C)c2cc(-c4ccc5c(c4)C(C)(C)c4ccccc4-5)ccc2-3)cc(C)c1-c1ccc(N(c2ccccc2)c2cc3c4ccccc4c(N(c4ccccc4)c4ccc(-c5c(C)cc(-c6ccc7c(c6)C(C)(C)c6cc(-c8ccc9c(c8)C(C)(C)c8ccccc8-9)ccc6-7)cc5C)cc4)cc3c3ccccc23)cc1. The number of hydrogen-bond acceptors (Lipinski definition) is 2. The molecule has 2 nitrogen and oxygen atoms in total. The first-order valence-corrected chi connectivity index (χ1v) is 42.8. The van der Waals surface area contributed by atoms with Crippen molar-refractivity contribution in [2.75, 3.05) is 9.80 Å². The summed E-state index contributed by atoms with van der Waals surface area (Å²) in [4.78, 5) is 4.92. The smallest absolute Gasteiger partial charge is 0.0546 e. The van der Waals surface area contributed by atoms with Crippen LogP contribution in [0.3, 0.4) is 0 Å². The molecule has 576 valence electrons. The van der Waals surface area contributed by atoms with Gasteiger partial charge in [0.15, 0.2) is 0 Å². The lowest BCUT2D eigenvalue weighted by atomic mass is 9.80. The van der Waals surface area contributed by atoms with Crippen molar-refractivity contribution in [3.05, 3.63) is 419 Å². The van der Waals surface area contributed by atoms with Gasteiger partial charge in [-0.1, -0.05) is 310 Å². The molecule has 0 aromatic heterocycles. The zero-order chi connectivity index (χ0) is 81.6. The van der Waals surface area contributed by atoms with Crippen LogP contribution in [0.2, 0.25) is 0 Å². The molecular formula is C118H94N2. The quantitative estimate of drug-likeness (QED) is 0.113. The van der Waals surface area contributed by atoms with Crippen molar-refractivity contribution in [2.45, 2.75) is 105 Å². The molecule has 4 aliphatic carbocycles. The van der Waals surface area contributed by atoms with E-state index in [-0.39, 0.29) is 21.7 Å². The number of nitrogens with zero attached hydrogens (tertiary/aromatic N) is 2. The Kier molecular flexibility index (Phi) is 16.3. The zero-order valence-electron chi connectivity index (χ0n) is 70.4. The van der Waals surface area contributed by atoms with Gasteiger partial charge < -0.3 is 9.80 Å². The highest BCUT2D eigenvalue weighted by atomic mass is 15.2. The fourth-order valence-electron chi connectivity index (χ4n) is 22.0. The van der Waals surface area contributed by atoms with Gasteiger partial charge in [-0.2, -0.15) is 0 Å². The molecule has 22 rings (SSSR count). The standard InChI is InChI=1S/C118H94N2/c1-71-59-83(81-47-57-97-95-55-45-79(65-107(95)117(9,10)109(97)67-81)77-43-53-93-91-33-23-25-37-103(91)115(5,6)105(93)63-77)60-72(2)113(71)75-39-49-87(50-40-75)119(85-27-15-13-16-28-85)111-69-101-90-32-20-22-36-100(90)112(70-102(101)89-31-19-21-35-99(89)111)120(86-29-17-14-18-30-86)88-51-41-76(42-52-88)114-73(3)61-84(62-74(114)4)82-48-58-98-96-56-46-80(66-108(96)118(11,12)110(98)68-82)78-44-54-94-92-34-24-26-38-104(92)116(7,8)106(94)64-78/h13-70H,1-12H3. The number of fused-ring (bicyclic) bond motifs is 17. The maximum Gasteiger partial charge on any atom is 0.0546 e. The predicted octanol–water partition coefficient (Wildman–Crippen LogP) is 32.5. The van der Waals surface area contributed by atoms with Crippen molar-refractivity contribution >= 4 is 66.4 Å². The summed E-state index contributed by atoms with van der Waals surface area (Å²) in [5.41, 5.74) is 48.1. The molecule has 0 N–H and O–H groups in total. The van der Waals surface area contributed by atoms with Gasteiger partial charge >= 0.3 is 0 Å². The molecule has 18 aromatic rings. The summed E-state index contributed by atoms with van der Waals surface area (Å²) in [5, 5.41) is 7.12. The Labute approximate surface area is 706 Å². The van der Waals surface area contributed by atoms with Crippen molar-refractivity contribution in [1.29, 1.82) is 0 Å². The fourth-order valence-corrected chi connectivity index (χ4v) is 22.0. The topological polar surface area (TPSA) is 6.48 Å². The second-order valence-electron chi connectivity index (χ2n) is 36.5. The van der Waals surface area contributed by atoms with Crippen LogP contribution in [0.4, 0.5) is 34.1 Å². The molecule has 0 aliphatic heterocycles. The molecule has 0 heterocycles. The minimum absolute atomic E-state index is 0.0510. The van der Waals surface area contributed by atoms with Gasteiger partial charge in [-0.05, 0) is 324 Å². The molecule has 0 saturated carbocycles. The third-order valence-electron chi connectivity index (χ3n) is 28.1. The van der Waals surface area contributed by atoms with E-state index in [2.05, 4.69) is 445 Å². The Morgan fingerprint density at radius 2 is 0.392 bits per heavy atom. The number of anilines is 6. The van der Waals surface area contributed by atoms with Gasteiger partial charge in [-0.3, -0.25) is 0 Å². The van der Waals surface area contributed by atoms with E-state index in [0.717, 1.165) is 34.1 Å². The molecule has 0 radical (unpaired) electrons. The lowest BCUT2D eigenvalue weighted by Gasteiger charge is -2.30. The van der Waals surface area contributed by atoms with E-state index in [9.17, 15) is 0 Å². The highest BCUT2D eigenvalue weighted by molar-refractivity contribution is 6.25. The van der Waals surface area contributed by atoms with Gasteiger partial charge in [-0.15, -0.1) is 0 Å². The molecule has 120 heavy (non-hydrogen) atoms. The van der Waals surface area contributed by atoms with Gasteiger partial charge in [0, 0.05) is 55.2 Å². The van der Waals surface area contributed by atoms with Crippen LogP contribution in [0.5, 0.6) is 0 Å². The van der Waals surface area contributed by atoms with Crippen LogP contribution in [-0.2, 0) is 21.7 Å². The minimum atomic E-state index is -0.181. The van der Waals surface area contributed by atoms with Crippen molar-refractivity contribution in [2.24, 2.45) is 0 Å². The van der Waals surface area contributed by atoms with Crippen molar-refractivity contribution < 1.29 is 0 Å². The summed E-state index contributed by atoms with van der Waals surface area (Å²) in [5.74, 6) is 0. The van der Waals surface area contributed by atoms with Crippen LogP contribution in [0, 0.1) is 27.7 Å². The summed E-state index contributed by atoms with van der Waals surface area (Å²) in [6.45, 7) is 28.3. The fraction of sp³-hybridized carbons (Fsp3) is 0.136. The lowest BCUT2D eigenvalue weighted by molar-refractivity contribution is 0.659. The van der Waals surface area contributed by atoms with Gasteiger partial charge in [0.1, 0.15) is 0 Å². The van der Waals surface area contributed by atoms with Gasteiger partial charge in [-0.25, -0.2) is 0 Å². The molecule has 0 atom stereocenters. The van der Waals surface area contributed by atoms with Crippen LogP contribution in [0.1, 0.15) is 122 Å². The third-order valence-corrected chi connectivity index (χ3v) is 28.1. The summed E-state index contributed by atoms with van der Waals surface area (Å²) in [6.07, 6.45) is 0. The monoisotopic (exact) mass is 1540 g/mol. The number of para-hydroxylation sites is 2. The number of rotatable bonds is 12. The number of hydrogen-bond donors (Lipinski definition) is 0. The molecule has 2 heteroatoms. The number of aryl methyl sites for hydroxylation is 4. The van der Waals surface area contributed by atoms with Gasteiger partial charge in [0.05, 0.1) is 11.4 Å². The van der Waals surface area contributed by atoms with Crippen LogP contribution >= 0.6 is 0 Å². The first-order valence-electron chi connectivity index (χ1n) is 42.8. The zero-order valence-corrected chi connectivity index (χ0v) is 70.4. The second-order valence-corrected chi connectivity index (χ2v) is 36.5. The van der Waals surface area contributed by atoms with Gasteiger partial charge in [0.2, 0.25) is 0 Å². The molecule has 18 aromatic carbocycles. The van der Waals surface area contributed by atoms with E-state index in [1.165, 1.54) is 210 Å². The molecular weight excluding hydrogens is 1450 g/mol. The maximum absolute atomic E-state index is 2.47. The lowest BCUT2D eigenvalue weighted by Crippen LogP contribution is -2.15. The largest absolute Gasteiger partial charge is 0.310 e. The van der Waals surface area contributed by atoms with Crippen molar-refractivity contribution in [3.63, 3.8) is 0 Å². The molecule has 0 fully saturated rings. The Bertz CT molecular complexity index is 6860. The summed E-state index contributed by atoms with van der Waals surface area (Å²) < 4.78 is 0. The molecule has 0 saturated heterocycles. The van der Waals surface area contributed by atoms with E-state index in [4.69, 9.17) is 0 Å². The first kappa shape index (κ1) is 72.8. The molecule has 4 aliphatic rings. The highest BCUT2D eigenvalue weighted by Crippen LogP contribution is 2.57.